The van der Waals surface area contributed by atoms with E-state index in [1.165, 1.54) is 9.80 Å². The van der Waals surface area contributed by atoms with Crippen molar-refractivity contribution in [1.29, 1.82) is 0 Å². The Morgan fingerprint density at radius 2 is 0.673 bits per heavy atom. The second-order valence-electron chi connectivity index (χ2n) is 29.8. The molecule has 0 aliphatic carbocycles. The second-order valence-corrected chi connectivity index (χ2v) is 29.8. The van der Waals surface area contributed by atoms with Crippen molar-refractivity contribution in [3.05, 3.63) is 144 Å². The summed E-state index contributed by atoms with van der Waals surface area (Å²) in [4.78, 5) is 182. The molecule has 0 radical (unpaired) electrons. The molecule has 4 aromatic carbocycles. The summed E-state index contributed by atoms with van der Waals surface area (Å²) < 4.78 is 0. The quantitative estimate of drug-likeness (QED) is 0.0478. The van der Waals surface area contributed by atoms with Gasteiger partial charge in [0.15, 0.2) is 0 Å². The van der Waals surface area contributed by atoms with Crippen molar-refractivity contribution in [2.75, 3.05) is 26.2 Å². The van der Waals surface area contributed by atoms with Gasteiger partial charge in [-0.15, -0.1) is 49.6 Å². The average Bonchev–Trinajstić information content (AvgIpc) is 1.66. The Kier molecular flexibility index (Phi) is 40.9. The molecule has 110 heavy (non-hydrogen) atoms. The molecule has 3 saturated heterocycles. The van der Waals surface area contributed by atoms with Gasteiger partial charge in [0, 0.05) is 38.0 Å². The van der Waals surface area contributed by atoms with E-state index in [1.54, 1.807) is 88.4 Å². The Morgan fingerprint density at radius 1 is 0.391 bits per heavy atom. The number of hydrogen-bond donors (Lipinski definition) is 14. The van der Waals surface area contributed by atoms with Crippen molar-refractivity contribution < 1.29 is 57.5 Å². The molecule has 14 atom stereocenters. The number of nitrogens with zero attached hydrogens (tertiary/aromatic N) is 2. The van der Waals surface area contributed by atoms with Crippen LogP contribution in [0.5, 0.6) is 0 Å². The molecule has 18 N–H and O–H groups in total. The SMILES string of the molecule is CC(C)C[C@@H]1NC(=O)[C@H](CCCN)NC(=O)[C@H](C(C)C)NC(=O)[C@@H]2C[C@@H](NC(=O)[C@@H](N)Cc3ccccc3)CN2C(=O)[C@@H](Cc2ccccc2)NC(=O)[C@H](CC(C)C)NC(=O)[C@H](CCCN)NC(=O)[C@H](C(C)C)NC(=O)[C@@H]2C[C@@H](NC(=O)[C@@H](N)Cc3ccccc3)CN2C(=O)[C@@H](Cc2ccccc2)NC1=O.Cl.Cl.Cl.Cl. The minimum atomic E-state index is -1.44. The summed E-state index contributed by atoms with van der Waals surface area (Å²) in [6, 6.07) is 18.0. The van der Waals surface area contributed by atoms with Gasteiger partial charge in [-0.25, -0.2) is 0 Å². The van der Waals surface area contributed by atoms with E-state index in [-0.39, 0.29) is 165 Å². The van der Waals surface area contributed by atoms with Crippen molar-refractivity contribution >= 4 is 121 Å². The number of hydrogen-bond acceptors (Lipinski definition) is 16. The van der Waals surface area contributed by atoms with Crippen LogP contribution < -0.4 is 76.1 Å². The number of fused-ring (bicyclic) bond motifs is 2. The zero-order chi connectivity index (χ0) is 77.3. The van der Waals surface area contributed by atoms with Gasteiger partial charge in [-0.3, -0.25) is 57.5 Å². The molecule has 3 aliphatic heterocycles. The third-order valence-electron chi connectivity index (χ3n) is 19.4. The predicted octanol–water partition coefficient (Wildman–Crippen LogP) is 2.24. The third-order valence-corrected chi connectivity index (χ3v) is 19.4. The summed E-state index contributed by atoms with van der Waals surface area (Å²) in [5.74, 6) is -10.9. The van der Waals surface area contributed by atoms with Crippen molar-refractivity contribution in [3.63, 3.8) is 0 Å². The Labute approximate surface area is 670 Å². The van der Waals surface area contributed by atoms with E-state index in [2.05, 4.69) is 53.2 Å². The molecule has 3 aliphatic rings. The lowest BCUT2D eigenvalue weighted by atomic mass is 9.98. The lowest BCUT2D eigenvalue weighted by molar-refractivity contribution is -0.143. The highest BCUT2D eigenvalue weighted by Crippen LogP contribution is 2.26. The van der Waals surface area contributed by atoms with Crippen LogP contribution in [0.15, 0.2) is 121 Å². The zero-order valence-electron chi connectivity index (χ0n) is 64.0. The van der Waals surface area contributed by atoms with Crippen LogP contribution in [0, 0.1) is 23.7 Å². The highest BCUT2D eigenvalue weighted by molar-refractivity contribution is 6.00. The first-order valence-electron chi connectivity index (χ1n) is 37.3. The third kappa shape index (κ3) is 28.7. The summed E-state index contributed by atoms with van der Waals surface area (Å²) in [6.45, 7) is 13.6. The lowest BCUT2D eigenvalue weighted by Gasteiger charge is -2.33. The summed E-state index contributed by atoms with van der Waals surface area (Å²) in [5, 5.41) is 28.7. The first-order chi connectivity index (χ1) is 50.5. The fourth-order valence-electron chi connectivity index (χ4n) is 13.7. The smallest absolute Gasteiger partial charge is 0.246 e. The largest absolute Gasteiger partial charge is 0.350 e. The van der Waals surface area contributed by atoms with Crippen LogP contribution in [0.2, 0.25) is 0 Å². The Bertz CT molecular complexity index is 3400. The van der Waals surface area contributed by atoms with E-state index in [9.17, 15) is 28.8 Å². The maximum atomic E-state index is 15.7. The van der Waals surface area contributed by atoms with E-state index >= 15 is 28.8 Å². The normalized spacial score (nSPS) is 24.1. The van der Waals surface area contributed by atoms with Gasteiger partial charge in [0.2, 0.25) is 70.9 Å². The standard InChI is InChI=1S/C78H112N16O12.4ClH/c1-45(2)35-59-71(99)89-61(39-51-27-17-11-18-28-51)77(105)93-43-53(83-67(95)55(81)37-49-23-13-9-14-24-49)41-63(93)73(101)92-66(48(7)8)76(104)86-58(32-22-34-80)70(98)88-60(36-46(3)4)72(100)90-62(40-52-29-19-12-20-30-52)78(106)94-44-54(84-68(96)56(82)38-50-25-15-10-16-26-50)42-64(94)74(102)91-65(47(5)6)75(103)85-57(31-21-33-79)69(97)87-59;;;;/h9-20,23-30,45-48,53-66H,21-22,31-44,79-82H2,1-8H3,(H,83,95)(H,84,96)(H,85,103)(H,86,104)(H,87,97)(H,88,98)(H,89,99)(H,90,100)(H,91,102)(H,92,101);4*1H/t53-,54-,55+,56+,57+,58+,59+,60+,61-,62-,63+,64+,65+,66+;;;;/m1..../s1. The number of carbonyl (C=O) groups excluding carboxylic acids is 12. The van der Waals surface area contributed by atoms with Crippen LogP contribution in [-0.2, 0) is 83.2 Å². The number of halogens is 4. The fourth-order valence-corrected chi connectivity index (χ4v) is 13.7. The van der Waals surface area contributed by atoms with Gasteiger partial charge in [-0.1, -0.05) is 177 Å². The minimum Gasteiger partial charge on any atom is -0.350 e. The first kappa shape index (κ1) is 95.7. The van der Waals surface area contributed by atoms with Crippen LogP contribution in [0.25, 0.3) is 0 Å². The number of nitrogens with one attached hydrogen (secondary N) is 10. The van der Waals surface area contributed by atoms with Gasteiger partial charge in [0.25, 0.3) is 0 Å². The van der Waals surface area contributed by atoms with Crippen molar-refractivity contribution in [3.8, 4) is 0 Å². The first-order valence-corrected chi connectivity index (χ1v) is 37.3. The zero-order valence-corrected chi connectivity index (χ0v) is 67.3. The summed E-state index contributed by atoms with van der Waals surface area (Å²) in [6.07, 6.45) is 0.119. The molecule has 7 rings (SSSR count). The van der Waals surface area contributed by atoms with E-state index in [0.29, 0.717) is 11.1 Å². The molecule has 28 nitrogen and oxygen atoms in total. The van der Waals surface area contributed by atoms with Gasteiger partial charge in [-0.2, -0.15) is 0 Å². The van der Waals surface area contributed by atoms with Crippen LogP contribution >= 0.6 is 49.6 Å². The van der Waals surface area contributed by atoms with E-state index in [4.69, 9.17) is 22.9 Å². The maximum absolute atomic E-state index is 15.7. The molecule has 0 saturated carbocycles. The molecular weight excluding hydrogens is 1490 g/mol. The van der Waals surface area contributed by atoms with Crippen LogP contribution in [-0.4, -0.2) is 191 Å². The van der Waals surface area contributed by atoms with Gasteiger partial charge in [0.1, 0.15) is 60.4 Å². The molecule has 608 valence electrons. The average molecular weight is 1610 g/mol. The van der Waals surface area contributed by atoms with E-state index in [1.807, 2.05) is 88.4 Å². The molecule has 4 aromatic rings. The topological polar surface area (TPSA) is 436 Å². The number of rotatable bonds is 24. The molecule has 32 heteroatoms. The van der Waals surface area contributed by atoms with Gasteiger partial charge in [0.05, 0.1) is 12.1 Å². The molecule has 0 unspecified atom stereocenters. The monoisotopic (exact) mass is 1610 g/mol. The van der Waals surface area contributed by atoms with Crippen LogP contribution in [0.4, 0.5) is 0 Å². The number of amides is 12. The van der Waals surface area contributed by atoms with E-state index in [0.717, 1.165) is 11.1 Å². The Hall–Kier alpha value is -8.48. The van der Waals surface area contributed by atoms with Crippen molar-refractivity contribution in [1.82, 2.24) is 63.0 Å². The summed E-state index contributed by atoms with van der Waals surface area (Å²) in [7, 11) is 0. The Morgan fingerprint density at radius 3 is 0.964 bits per heavy atom. The second kappa shape index (κ2) is 47.0. The van der Waals surface area contributed by atoms with Gasteiger partial charge in [-0.05, 0) is 123 Å². The molecule has 3 fully saturated rings. The van der Waals surface area contributed by atoms with Gasteiger partial charge < -0.3 is 85.9 Å². The highest BCUT2D eigenvalue weighted by atomic mass is 35.5. The van der Waals surface area contributed by atoms with E-state index < -0.39 is 167 Å². The molecule has 0 bridgehead atoms. The molecule has 0 spiro atoms. The van der Waals surface area contributed by atoms with Crippen molar-refractivity contribution in [2.24, 2.45) is 46.6 Å². The number of benzene rings is 4. The molecule has 12 amide bonds. The summed E-state index contributed by atoms with van der Waals surface area (Å²) in [5.41, 5.74) is 27.8. The lowest BCUT2D eigenvalue weighted by Crippen LogP contribution is -2.62. The highest BCUT2D eigenvalue weighted by Gasteiger charge is 2.47. The van der Waals surface area contributed by atoms with Crippen molar-refractivity contribution in [2.45, 2.75) is 217 Å². The molecular formula is C78H116Cl4N16O12. The predicted molar refractivity (Wildman–Crippen MR) is 430 cm³/mol. The summed E-state index contributed by atoms with van der Waals surface area (Å²) >= 11 is 0. The minimum absolute atomic E-state index is 0. The Balaban J connectivity index is 0.00000784. The molecule has 3 heterocycles. The van der Waals surface area contributed by atoms with Gasteiger partial charge >= 0.3 is 0 Å². The molecule has 0 aromatic heterocycles. The maximum Gasteiger partial charge on any atom is 0.246 e. The fraction of sp³-hybridized carbons (Fsp3) is 0.538. The van der Waals surface area contributed by atoms with Crippen LogP contribution in [0.1, 0.15) is 129 Å². The van der Waals surface area contributed by atoms with Crippen LogP contribution in [0.3, 0.4) is 0 Å². The number of nitrogens with two attached hydrogens (primary N) is 4. The number of carbonyl (C=O) groups is 12.